The number of hydrogen-bond donors (Lipinski definition) is 0. The maximum absolute atomic E-state index is 12.4. The predicted octanol–water partition coefficient (Wildman–Crippen LogP) is 10.9. The van der Waals surface area contributed by atoms with Crippen LogP contribution in [0, 0.1) is 17.8 Å². The fraction of sp³-hybridized carbons (Fsp3) is 0.571. The van der Waals surface area contributed by atoms with Crippen LogP contribution in [0.2, 0.25) is 0 Å². The third kappa shape index (κ3) is 16.7. The topological polar surface area (TPSA) is 61.8 Å². The lowest BCUT2D eigenvalue weighted by Gasteiger charge is -2.29. The molecule has 2 aromatic carbocycles. The third-order valence-electron chi connectivity index (χ3n) is 9.26. The monoisotopic (exact) mass is 642 g/mol. The third-order valence-corrected chi connectivity index (χ3v) is 9.26. The molecule has 0 unspecified atom stereocenters. The summed E-state index contributed by atoms with van der Waals surface area (Å²) in [4.78, 5) is 23.3. The Bertz CT molecular complexity index is 1210. The number of esters is 2. The molecule has 1 aliphatic rings. The Balaban J connectivity index is 1.23. The Morgan fingerprint density at radius 1 is 0.723 bits per heavy atom. The molecule has 256 valence electrons. The number of carbonyl (C=O) groups excluding carboxylic acids is 2. The van der Waals surface area contributed by atoms with Gasteiger partial charge in [0, 0.05) is 17.6 Å². The fourth-order valence-corrected chi connectivity index (χ4v) is 6.38. The average molecular weight is 643 g/mol. The smallest absolute Gasteiger partial charge is 0.390 e. The van der Waals surface area contributed by atoms with Crippen LogP contribution >= 0.6 is 0 Å². The summed E-state index contributed by atoms with van der Waals surface area (Å²) < 4.78 is 16.3. The molecule has 3 rings (SSSR count). The minimum Gasteiger partial charge on any atom is -0.494 e. The van der Waals surface area contributed by atoms with E-state index in [-0.39, 0.29) is 5.97 Å². The molecule has 0 bridgehead atoms. The molecule has 2 aromatic rings. The molecule has 0 spiro atoms. The van der Waals surface area contributed by atoms with Gasteiger partial charge in [-0.3, -0.25) is 0 Å². The standard InChI is InChI=1S/C42H58O5/c1-3-5-6-12-15-18-35-19-24-37(25-20-35)38-26-30-40(31-27-38)47-42(44)32-23-36-21-28-39(29-22-36)45-33-16-13-10-8-7-9-11-14-17-34-46-41(43)4-2/h4,21-22,26-31,35,37H,2-3,5-20,24-25,33-34H2,1H3. The van der Waals surface area contributed by atoms with Gasteiger partial charge in [-0.1, -0.05) is 115 Å². The van der Waals surface area contributed by atoms with Gasteiger partial charge >= 0.3 is 11.9 Å². The Morgan fingerprint density at radius 3 is 1.94 bits per heavy atom. The highest BCUT2D eigenvalue weighted by molar-refractivity contribution is 5.90. The van der Waals surface area contributed by atoms with Crippen molar-refractivity contribution >= 4 is 11.9 Å². The van der Waals surface area contributed by atoms with Gasteiger partial charge in [0.2, 0.25) is 0 Å². The van der Waals surface area contributed by atoms with Gasteiger partial charge in [-0.05, 0) is 92.3 Å². The summed E-state index contributed by atoms with van der Waals surface area (Å²) in [5.41, 5.74) is 2.10. The van der Waals surface area contributed by atoms with E-state index in [0.29, 0.717) is 24.9 Å². The summed E-state index contributed by atoms with van der Waals surface area (Å²) in [6, 6.07) is 15.6. The van der Waals surface area contributed by atoms with E-state index in [1.54, 1.807) is 0 Å². The largest absolute Gasteiger partial charge is 0.494 e. The molecular weight excluding hydrogens is 584 g/mol. The van der Waals surface area contributed by atoms with Crippen molar-refractivity contribution in [3.63, 3.8) is 0 Å². The van der Waals surface area contributed by atoms with Crippen LogP contribution in [-0.2, 0) is 14.3 Å². The van der Waals surface area contributed by atoms with E-state index in [2.05, 4.69) is 37.5 Å². The molecule has 5 nitrogen and oxygen atoms in total. The number of ether oxygens (including phenoxy) is 3. The Kier molecular flexibility index (Phi) is 19.2. The van der Waals surface area contributed by atoms with Gasteiger partial charge in [0.15, 0.2) is 0 Å². The summed E-state index contributed by atoms with van der Waals surface area (Å²) in [7, 11) is 0. The molecule has 1 aliphatic carbocycles. The van der Waals surface area contributed by atoms with Crippen molar-refractivity contribution in [2.45, 2.75) is 135 Å². The van der Waals surface area contributed by atoms with Crippen LogP contribution < -0.4 is 9.47 Å². The summed E-state index contributed by atoms with van der Waals surface area (Å²) in [5.74, 6) is 7.49. The number of rotatable bonds is 22. The van der Waals surface area contributed by atoms with Crippen LogP contribution in [0.3, 0.4) is 0 Å². The quantitative estimate of drug-likeness (QED) is 0.0420. The van der Waals surface area contributed by atoms with E-state index in [1.807, 2.05) is 36.4 Å². The highest BCUT2D eigenvalue weighted by Crippen LogP contribution is 2.38. The maximum Gasteiger partial charge on any atom is 0.390 e. The minimum atomic E-state index is -0.552. The molecule has 0 aromatic heterocycles. The zero-order valence-corrected chi connectivity index (χ0v) is 28.9. The van der Waals surface area contributed by atoms with Gasteiger partial charge in [0.25, 0.3) is 0 Å². The van der Waals surface area contributed by atoms with Gasteiger partial charge in [0.05, 0.1) is 13.2 Å². The Morgan fingerprint density at radius 2 is 1.30 bits per heavy atom. The first-order valence-corrected chi connectivity index (χ1v) is 18.4. The van der Waals surface area contributed by atoms with Gasteiger partial charge in [-0.25, -0.2) is 9.59 Å². The van der Waals surface area contributed by atoms with E-state index in [0.717, 1.165) is 42.9 Å². The summed E-state index contributed by atoms with van der Waals surface area (Å²) in [6.07, 6.45) is 25.0. The van der Waals surface area contributed by atoms with Crippen LogP contribution in [0.15, 0.2) is 61.2 Å². The second-order valence-corrected chi connectivity index (χ2v) is 13.1. The van der Waals surface area contributed by atoms with Crippen molar-refractivity contribution < 1.29 is 23.8 Å². The molecule has 0 aliphatic heterocycles. The van der Waals surface area contributed by atoms with E-state index >= 15 is 0 Å². The average Bonchev–Trinajstić information content (AvgIpc) is 3.10. The van der Waals surface area contributed by atoms with E-state index in [4.69, 9.17) is 14.2 Å². The summed E-state index contributed by atoms with van der Waals surface area (Å²) in [6.45, 7) is 6.85. The van der Waals surface area contributed by atoms with Crippen LogP contribution in [0.4, 0.5) is 0 Å². The molecule has 47 heavy (non-hydrogen) atoms. The maximum atomic E-state index is 12.4. The molecule has 5 heteroatoms. The zero-order valence-electron chi connectivity index (χ0n) is 28.9. The number of carbonyl (C=O) groups is 2. The van der Waals surface area contributed by atoms with Crippen LogP contribution in [0.25, 0.3) is 0 Å². The van der Waals surface area contributed by atoms with Crippen molar-refractivity contribution in [2.24, 2.45) is 5.92 Å². The first kappa shape index (κ1) is 37.9. The lowest BCUT2D eigenvalue weighted by molar-refractivity contribution is -0.137. The zero-order chi connectivity index (χ0) is 33.4. The second-order valence-electron chi connectivity index (χ2n) is 13.1. The van der Waals surface area contributed by atoms with E-state index in [9.17, 15) is 9.59 Å². The van der Waals surface area contributed by atoms with Crippen molar-refractivity contribution in [3.8, 4) is 23.3 Å². The van der Waals surface area contributed by atoms with Crippen molar-refractivity contribution in [1.29, 1.82) is 0 Å². The second kappa shape index (κ2) is 23.7. The van der Waals surface area contributed by atoms with Gasteiger partial charge in [-0.15, -0.1) is 0 Å². The molecule has 0 N–H and O–H groups in total. The molecule has 1 fully saturated rings. The molecule has 0 atom stereocenters. The van der Waals surface area contributed by atoms with Crippen molar-refractivity contribution in [3.05, 3.63) is 72.3 Å². The Labute approximate surface area is 284 Å². The van der Waals surface area contributed by atoms with Crippen LogP contribution in [-0.4, -0.2) is 25.2 Å². The van der Waals surface area contributed by atoms with E-state index < -0.39 is 5.97 Å². The van der Waals surface area contributed by atoms with E-state index in [1.165, 1.54) is 108 Å². The highest BCUT2D eigenvalue weighted by Gasteiger charge is 2.22. The summed E-state index contributed by atoms with van der Waals surface area (Å²) >= 11 is 0. The van der Waals surface area contributed by atoms with Gasteiger partial charge in [0.1, 0.15) is 11.5 Å². The predicted molar refractivity (Wildman–Crippen MR) is 192 cm³/mol. The molecule has 0 amide bonds. The molecular formula is C42H58O5. The Hall–Kier alpha value is -3.52. The molecule has 0 radical (unpaired) electrons. The van der Waals surface area contributed by atoms with Crippen LogP contribution in [0.5, 0.6) is 11.5 Å². The number of hydrogen-bond acceptors (Lipinski definition) is 5. The lowest BCUT2D eigenvalue weighted by atomic mass is 9.77. The van der Waals surface area contributed by atoms with Crippen molar-refractivity contribution in [1.82, 2.24) is 0 Å². The summed E-state index contributed by atoms with van der Waals surface area (Å²) in [5, 5.41) is 0. The highest BCUT2D eigenvalue weighted by atomic mass is 16.5. The van der Waals surface area contributed by atoms with Gasteiger partial charge in [-0.2, -0.15) is 0 Å². The molecule has 0 saturated heterocycles. The lowest BCUT2D eigenvalue weighted by Crippen LogP contribution is -2.13. The molecule has 1 saturated carbocycles. The number of unbranched alkanes of at least 4 members (excludes halogenated alkanes) is 12. The van der Waals surface area contributed by atoms with Gasteiger partial charge < -0.3 is 14.2 Å². The van der Waals surface area contributed by atoms with Crippen molar-refractivity contribution in [2.75, 3.05) is 13.2 Å². The molecule has 0 heterocycles. The number of benzene rings is 2. The fourth-order valence-electron chi connectivity index (χ4n) is 6.38. The normalized spacial score (nSPS) is 15.7. The minimum absolute atomic E-state index is 0.336. The first-order valence-electron chi connectivity index (χ1n) is 18.4. The SMILES string of the molecule is C=CC(=O)OCCCCCCCCCCCOc1ccc(C#CC(=O)Oc2ccc(C3CCC(CCCCCCC)CC3)cc2)cc1. The van der Waals surface area contributed by atoms with Crippen LogP contribution in [0.1, 0.15) is 146 Å². The first-order chi connectivity index (χ1) is 23.1.